The van der Waals surface area contributed by atoms with E-state index in [9.17, 15) is 0 Å². The van der Waals surface area contributed by atoms with Gasteiger partial charge in [0, 0.05) is 0 Å². The van der Waals surface area contributed by atoms with Crippen LogP contribution in [0.1, 0.15) is 47.0 Å². The van der Waals surface area contributed by atoms with Crippen LogP contribution in [0.5, 0.6) is 0 Å². The van der Waals surface area contributed by atoms with Crippen LogP contribution in [0.4, 0.5) is 0 Å². The Balaban J connectivity index is 3.77. The van der Waals surface area contributed by atoms with Crippen molar-refractivity contribution >= 4 is 17.7 Å². The van der Waals surface area contributed by atoms with Crippen molar-refractivity contribution in [2.24, 2.45) is 0 Å². The normalized spacial score (nSPS) is 14.8. The van der Waals surface area contributed by atoms with Gasteiger partial charge in [0.05, 0.1) is 0 Å². The zero-order valence-corrected chi connectivity index (χ0v) is 9.31. The molecule has 0 spiro atoms. The summed E-state index contributed by atoms with van der Waals surface area (Å²) in [4.78, 5) is 0. The van der Waals surface area contributed by atoms with Crippen molar-refractivity contribution in [3.05, 3.63) is 0 Å². The Labute approximate surface area is 86.5 Å². The van der Waals surface area contributed by atoms with Crippen LogP contribution < -0.4 is 0 Å². The summed E-state index contributed by atoms with van der Waals surface area (Å²) < 4.78 is 5.92. The van der Waals surface area contributed by atoms with Gasteiger partial charge in [0.15, 0.2) is 0 Å². The first-order valence-electron chi connectivity index (χ1n) is 5.17. The molecule has 12 heavy (non-hydrogen) atoms. The molecule has 0 aromatic rings. The molecule has 0 aromatic heterocycles. The zero-order valence-electron chi connectivity index (χ0n) is 9.31. The van der Waals surface area contributed by atoms with E-state index in [1.807, 2.05) is 0 Å². The molecule has 0 saturated carbocycles. The molecular weight excluding hydrogens is 143 g/mol. The first-order chi connectivity index (χ1) is 5.49. The third-order valence-corrected chi connectivity index (χ3v) is 1.74. The molecule has 0 N–H and O–H groups in total. The summed E-state index contributed by atoms with van der Waals surface area (Å²) >= 11 is 2.22. The van der Waals surface area contributed by atoms with Gasteiger partial charge in [-0.15, -0.1) is 0 Å². The summed E-state index contributed by atoms with van der Waals surface area (Å²) in [5, 5.41) is 1.22. The van der Waals surface area contributed by atoms with Gasteiger partial charge in [0.1, 0.15) is 0 Å². The molecule has 0 saturated heterocycles. The zero-order chi connectivity index (χ0) is 9.61. The predicted molar refractivity (Wildman–Crippen MR) is 54.7 cm³/mol. The number of ether oxygens (including phenoxy) is 1. The molecule has 2 heteroatoms. The van der Waals surface area contributed by atoms with E-state index < -0.39 is 0 Å². The molecule has 68 valence electrons. The van der Waals surface area contributed by atoms with Crippen molar-refractivity contribution < 1.29 is 4.74 Å². The summed E-state index contributed by atoms with van der Waals surface area (Å²) in [7, 11) is 0. The summed E-state index contributed by atoms with van der Waals surface area (Å²) in [6.45, 7) is 8.61. The molecule has 1 nitrogen and oxygen atoms in total. The Hall–Kier alpha value is 0.557. The summed E-state index contributed by atoms with van der Waals surface area (Å²) in [6, 6.07) is 0. The molecule has 0 aliphatic carbocycles. The van der Waals surface area contributed by atoms with Gasteiger partial charge in [0.25, 0.3) is 0 Å². The average molecular weight is 164 g/mol. The summed E-state index contributed by atoms with van der Waals surface area (Å²) in [5.41, 5.74) is 0.0228. The average Bonchev–Trinajstić information content (AvgIpc) is 1.84. The quantitative estimate of drug-likeness (QED) is 0.568. The van der Waals surface area contributed by atoms with Crippen LogP contribution >= 0.6 is 0 Å². The second kappa shape index (κ2) is 6.08. The van der Waals surface area contributed by atoms with Gasteiger partial charge >= 0.3 is 86.2 Å². The number of hydrogen-bond donors (Lipinski definition) is 0. The molecule has 0 radical (unpaired) electrons. The molecule has 0 fully saturated rings. The molecule has 0 aliphatic heterocycles. The second-order valence-corrected chi connectivity index (χ2v) is 4.43. The SMILES string of the molecule is [Li][CH2]CC(CCC)OC(C)(C)C. The van der Waals surface area contributed by atoms with E-state index in [-0.39, 0.29) is 5.60 Å². The molecule has 0 rings (SSSR count). The Morgan fingerprint density at radius 1 is 1.25 bits per heavy atom. The van der Waals surface area contributed by atoms with E-state index in [1.54, 1.807) is 0 Å². The maximum absolute atomic E-state index is 5.92. The van der Waals surface area contributed by atoms with Crippen molar-refractivity contribution in [3.8, 4) is 0 Å². The minimum atomic E-state index is 0.0228. The Kier molecular flexibility index (Phi) is 6.36. The van der Waals surface area contributed by atoms with Crippen molar-refractivity contribution in [1.82, 2.24) is 0 Å². The fourth-order valence-corrected chi connectivity index (χ4v) is 1.41. The van der Waals surface area contributed by atoms with Gasteiger partial charge in [-0.05, 0) is 0 Å². The van der Waals surface area contributed by atoms with Crippen LogP contribution in [0, 0.1) is 0 Å². The van der Waals surface area contributed by atoms with E-state index in [0.29, 0.717) is 6.10 Å². The van der Waals surface area contributed by atoms with Crippen LogP contribution in [0.25, 0.3) is 0 Å². The fraction of sp³-hybridized carbons (Fsp3) is 1.00. The topological polar surface area (TPSA) is 9.23 Å². The maximum atomic E-state index is 5.92. The first-order valence-corrected chi connectivity index (χ1v) is 5.17. The molecule has 0 aliphatic rings. The van der Waals surface area contributed by atoms with Crippen LogP contribution in [0.2, 0.25) is 5.09 Å². The van der Waals surface area contributed by atoms with Gasteiger partial charge in [-0.2, -0.15) is 0 Å². The third-order valence-electron chi connectivity index (χ3n) is 1.74. The van der Waals surface area contributed by atoms with E-state index >= 15 is 0 Å². The van der Waals surface area contributed by atoms with E-state index in [1.165, 1.54) is 24.4 Å². The van der Waals surface area contributed by atoms with E-state index in [0.717, 1.165) is 0 Å². The molecule has 0 amide bonds. The number of rotatable bonds is 5. The van der Waals surface area contributed by atoms with Crippen LogP contribution in [-0.2, 0) is 4.74 Å². The first kappa shape index (κ1) is 12.6. The second-order valence-electron chi connectivity index (χ2n) is 4.43. The minimum absolute atomic E-state index is 0.0228. The van der Waals surface area contributed by atoms with Crippen molar-refractivity contribution in [1.29, 1.82) is 0 Å². The van der Waals surface area contributed by atoms with Gasteiger partial charge in [-0.1, -0.05) is 0 Å². The molecular formula is C10H21LiO. The van der Waals surface area contributed by atoms with Crippen LogP contribution in [0.15, 0.2) is 0 Å². The Bertz CT molecular complexity index is 101. The Morgan fingerprint density at radius 3 is 2.17 bits per heavy atom. The Morgan fingerprint density at radius 2 is 1.83 bits per heavy atom. The molecule has 0 heterocycles. The van der Waals surface area contributed by atoms with Crippen LogP contribution in [0.3, 0.4) is 0 Å². The fourth-order valence-electron chi connectivity index (χ4n) is 1.41. The molecule has 0 bridgehead atoms. The molecule has 1 unspecified atom stereocenters. The third kappa shape index (κ3) is 7.22. The number of hydrogen-bond acceptors (Lipinski definition) is 1. The predicted octanol–water partition coefficient (Wildman–Crippen LogP) is 2.95. The molecule has 0 aromatic carbocycles. The molecule has 1 atom stereocenters. The van der Waals surface area contributed by atoms with Gasteiger partial charge in [-0.3, -0.25) is 0 Å². The standard InChI is InChI=1S/C10H21O.Li/c1-6-8-9(7-2)11-10(3,4)5;/h9H,2,6-8H2,1,3-5H3;. The van der Waals surface area contributed by atoms with Crippen molar-refractivity contribution in [2.75, 3.05) is 0 Å². The van der Waals surface area contributed by atoms with Gasteiger partial charge in [0.2, 0.25) is 0 Å². The monoisotopic (exact) mass is 164 g/mol. The van der Waals surface area contributed by atoms with Gasteiger partial charge < -0.3 is 0 Å². The van der Waals surface area contributed by atoms with Crippen molar-refractivity contribution in [3.63, 3.8) is 0 Å². The summed E-state index contributed by atoms with van der Waals surface area (Å²) in [6.07, 6.45) is 4.09. The van der Waals surface area contributed by atoms with Crippen molar-refractivity contribution in [2.45, 2.75) is 63.8 Å². The van der Waals surface area contributed by atoms with E-state index in [4.69, 9.17) is 4.74 Å². The van der Waals surface area contributed by atoms with E-state index in [2.05, 4.69) is 45.4 Å². The summed E-state index contributed by atoms with van der Waals surface area (Å²) in [5.74, 6) is 0. The van der Waals surface area contributed by atoms with Gasteiger partial charge in [-0.25, -0.2) is 0 Å². The van der Waals surface area contributed by atoms with Crippen LogP contribution in [-0.4, -0.2) is 29.4 Å².